The second-order valence-corrected chi connectivity index (χ2v) is 8.78. The van der Waals surface area contributed by atoms with Crippen molar-refractivity contribution in [3.8, 4) is 11.3 Å². The van der Waals surface area contributed by atoms with Crippen molar-refractivity contribution in [2.75, 3.05) is 18.1 Å². The Kier molecular flexibility index (Phi) is 7.83. The normalized spacial score (nSPS) is 17.0. The summed E-state index contributed by atoms with van der Waals surface area (Å²) >= 11 is 0. The lowest BCUT2D eigenvalue weighted by Crippen LogP contribution is -2.39. The van der Waals surface area contributed by atoms with Gasteiger partial charge in [0.1, 0.15) is 17.7 Å². The third-order valence-electron chi connectivity index (χ3n) is 6.68. The van der Waals surface area contributed by atoms with E-state index in [9.17, 15) is 19.5 Å². The van der Waals surface area contributed by atoms with Gasteiger partial charge in [-0.3, -0.25) is 19.3 Å². The van der Waals surface area contributed by atoms with Crippen molar-refractivity contribution >= 4 is 29.0 Å². The molecule has 1 unspecified atom stereocenters. The molecule has 37 heavy (non-hydrogen) atoms. The Balaban J connectivity index is 1.73. The lowest BCUT2D eigenvalue weighted by molar-refractivity contribution is -0.132. The van der Waals surface area contributed by atoms with E-state index < -0.39 is 17.7 Å². The second-order valence-electron chi connectivity index (χ2n) is 8.78. The van der Waals surface area contributed by atoms with Crippen molar-refractivity contribution in [3.63, 3.8) is 0 Å². The molecule has 1 saturated heterocycles. The zero-order valence-electron chi connectivity index (χ0n) is 20.7. The molecule has 1 aromatic heterocycles. The molecular weight excluding hydrogens is 474 g/mol. The number of aromatic nitrogens is 1. The van der Waals surface area contributed by atoms with Crippen LogP contribution < -0.4 is 10.2 Å². The van der Waals surface area contributed by atoms with E-state index >= 15 is 0 Å². The number of aliphatic hydroxyl groups is 2. The van der Waals surface area contributed by atoms with Gasteiger partial charge >= 0.3 is 0 Å². The predicted octanol–water partition coefficient (Wildman–Crippen LogP) is 3.75. The SMILES string of the molecule is CCC(CC)C1/C(=C(/O)c2ccc(C(=O)NCCO)cc2)C(=O)C(=O)N1c1ccc(-c2ccon2)cc1. The highest BCUT2D eigenvalue weighted by molar-refractivity contribution is 6.51. The van der Waals surface area contributed by atoms with Crippen LogP contribution in [-0.4, -0.2) is 52.2 Å². The van der Waals surface area contributed by atoms with Gasteiger partial charge in [-0.1, -0.05) is 56.1 Å². The van der Waals surface area contributed by atoms with E-state index in [-0.39, 0.29) is 36.3 Å². The Morgan fingerprint density at radius 3 is 2.24 bits per heavy atom. The Hall–Kier alpha value is -4.24. The van der Waals surface area contributed by atoms with Crippen molar-refractivity contribution in [2.45, 2.75) is 32.7 Å². The van der Waals surface area contributed by atoms with Crippen LogP contribution in [0, 0.1) is 5.92 Å². The van der Waals surface area contributed by atoms with Crippen LogP contribution in [0.3, 0.4) is 0 Å². The number of nitrogens with one attached hydrogen (secondary N) is 1. The summed E-state index contributed by atoms with van der Waals surface area (Å²) in [6, 6.07) is 14.3. The summed E-state index contributed by atoms with van der Waals surface area (Å²) in [5.41, 5.74) is 2.72. The lowest BCUT2D eigenvalue weighted by atomic mass is 9.87. The molecule has 2 amide bonds. The zero-order valence-corrected chi connectivity index (χ0v) is 20.7. The fourth-order valence-corrected chi connectivity index (χ4v) is 4.68. The first kappa shape index (κ1) is 25.8. The molecule has 9 nitrogen and oxygen atoms in total. The Morgan fingerprint density at radius 1 is 1.03 bits per heavy atom. The van der Waals surface area contributed by atoms with Gasteiger partial charge in [0.25, 0.3) is 17.6 Å². The monoisotopic (exact) mass is 503 g/mol. The number of hydrogen-bond donors (Lipinski definition) is 3. The molecule has 192 valence electrons. The van der Waals surface area contributed by atoms with E-state index in [1.807, 2.05) is 13.8 Å². The molecule has 1 aliphatic rings. The Morgan fingerprint density at radius 2 is 1.68 bits per heavy atom. The van der Waals surface area contributed by atoms with Gasteiger partial charge in [0.15, 0.2) is 0 Å². The van der Waals surface area contributed by atoms with E-state index in [0.717, 1.165) is 5.56 Å². The Bertz CT molecular complexity index is 1290. The van der Waals surface area contributed by atoms with Crippen LogP contribution in [-0.2, 0) is 9.59 Å². The van der Waals surface area contributed by atoms with Crippen LogP contribution in [0.25, 0.3) is 17.0 Å². The minimum absolute atomic E-state index is 0.0526. The average molecular weight is 504 g/mol. The maximum atomic E-state index is 13.3. The molecule has 2 aromatic carbocycles. The highest BCUT2D eigenvalue weighted by Gasteiger charge is 2.48. The van der Waals surface area contributed by atoms with Gasteiger partial charge in [0.2, 0.25) is 0 Å². The van der Waals surface area contributed by atoms with Gasteiger partial charge in [0, 0.05) is 35.0 Å². The lowest BCUT2D eigenvalue weighted by Gasteiger charge is -2.31. The minimum atomic E-state index is -0.750. The molecule has 0 spiro atoms. The van der Waals surface area contributed by atoms with Crippen molar-refractivity contribution in [1.29, 1.82) is 0 Å². The van der Waals surface area contributed by atoms with Gasteiger partial charge in [-0.05, 0) is 30.2 Å². The number of amides is 2. The number of rotatable bonds is 9. The second kappa shape index (κ2) is 11.2. The summed E-state index contributed by atoms with van der Waals surface area (Å²) in [5.74, 6) is -2.17. The average Bonchev–Trinajstić information content (AvgIpc) is 3.55. The molecule has 0 saturated carbocycles. The summed E-state index contributed by atoms with van der Waals surface area (Å²) in [5, 5.41) is 26.6. The van der Waals surface area contributed by atoms with E-state index in [2.05, 4.69) is 10.5 Å². The van der Waals surface area contributed by atoms with Gasteiger partial charge < -0.3 is 20.1 Å². The fourth-order valence-electron chi connectivity index (χ4n) is 4.68. The Labute approximate surface area is 214 Å². The number of ketones is 1. The smallest absolute Gasteiger partial charge is 0.299 e. The van der Waals surface area contributed by atoms with Gasteiger partial charge in [-0.15, -0.1) is 0 Å². The van der Waals surface area contributed by atoms with Gasteiger partial charge in [-0.25, -0.2) is 0 Å². The number of aliphatic hydroxyl groups excluding tert-OH is 2. The number of nitrogens with zero attached hydrogens (tertiary/aromatic N) is 2. The molecule has 4 rings (SSSR count). The summed E-state index contributed by atoms with van der Waals surface area (Å²) in [6.07, 6.45) is 2.86. The maximum absolute atomic E-state index is 13.3. The van der Waals surface area contributed by atoms with Gasteiger partial charge in [-0.2, -0.15) is 0 Å². The molecule has 0 aliphatic carbocycles. The van der Waals surface area contributed by atoms with Crippen LogP contribution in [0.1, 0.15) is 42.6 Å². The molecule has 1 fully saturated rings. The first-order valence-electron chi connectivity index (χ1n) is 12.2. The third kappa shape index (κ3) is 5.03. The summed E-state index contributed by atoms with van der Waals surface area (Å²) in [7, 11) is 0. The quantitative estimate of drug-likeness (QED) is 0.230. The fraction of sp³-hybridized carbons (Fsp3) is 0.286. The standard InChI is InChI=1S/C28H29N3O6/c1-3-17(4-2)24-23(25(33)19-5-7-20(8-6-19)27(35)29-14-15-32)26(34)28(36)31(24)21-11-9-18(10-12-21)22-13-16-37-30-22/h5-13,16-17,24,32-33H,3-4,14-15H2,1-2H3,(H,29,35)/b25-23-. The van der Waals surface area contributed by atoms with E-state index in [1.54, 1.807) is 30.3 Å². The maximum Gasteiger partial charge on any atom is 0.299 e. The molecule has 3 aromatic rings. The van der Waals surface area contributed by atoms with Crippen LogP contribution in [0.5, 0.6) is 0 Å². The van der Waals surface area contributed by atoms with Crippen molar-refractivity contribution < 1.29 is 29.1 Å². The predicted molar refractivity (Wildman–Crippen MR) is 138 cm³/mol. The molecule has 3 N–H and O–H groups in total. The summed E-state index contributed by atoms with van der Waals surface area (Å²) < 4.78 is 4.90. The van der Waals surface area contributed by atoms with Crippen molar-refractivity contribution in [2.24, 2.45) is 5.92 Å². The summed E-state index contributed by atoms with van der Waals surface area (Å²) in [6.45, 7) is 3.92. The first-order chi connectivity index (χ1) is 17.9. The zero-order chi connectivity index (χ0) is 26.5. The molecule has 0 bridgehead atoms. The largest absolute Gasteiger partial charge is 0.507 e. The number of anilines is 1. The van der Waals surface area contributed by atoms with Crippen LogP contribution >= 0.6 is 0 Å². The molecule has 1 aliphatic heterocycles. The molecular formula is C28H29N3O6. The molecule has 1 atom stereocenters. The van der Waals surface area contributed by atoms with Crippen LogP contribution in [0.2, 0.25) is 0 Å². The number of carbonyl (C=O) groups excluding carboxylic acids is 3. The van der Waals surface area contributed by atoms with Crippen molar-refractivity contribution in [3.05, 3.63) is 77.6 Å². The topological polar surface area (TPSA) is 133 Å². The number of carbonyl (C=O) groups is 3. The van der Waals surface area contributed by atoms with E-state index in [1.165, 1.54) is 35.4 Å². The molecule has 0 radical (unpaired) electrons. The molecule has 2 heterocycles. The third-order valence-corrected chi connectivity index (χ3v) is 6.68. The highest BCUT2D eigenvalue weighted by Crippen LogP contribution is 2.39. The molecule has 9 heteroatoms. The summed E-state index contributed by atoms with van der Waals surface area (Å²) in [4.78, 5) is 40.2. The highest BCUT2D eigenvalue weighted by atomic mass is 16.5. The van der Waals surface area contributed by atoms with E-state index in [0.29, 0.717) is 35.3 Å². The van der Waals surface area contributed by atoms with Gasteiger partial charge in [0.05, 0.1) is 18.2 Å². The minimum Gasteiger partial charge on any atom is -0.507 e. The van der Waals surface area contributed by atoms with Crippen LogP contribution in [0.4, 0.5) is 5.69 Å². The number of Topliss-reactive ketones (excluding diaryl/α,β-unsaturated/α-hetero) is 1. The van der Waals surface area contributed by atoms with Crippen LogP contribution in [0.15, 0.2) is 71.0 Å². The number of benzene rings is 2. The van der Waals surface area contributed by atoms with E-state index in [4.69, 9.17) is 9.63 Å². The number of hydrogen-bond acceptors (Lipinski definition) is 7. The van der Waals surface area contributed by atoms with Crippen molar-refractivity contribution in [1.82, 2.24) is 10.5 Å². The first-order valence-corrected chi connectivity index (χ1v) is 12.2.